The Balaban J connectivity index is 2.42. The van der Waals surface area contributed by atoms with Crippen molar-refractivity contribution in [2.45, 2.75) is 0 Å². The van der Waals surface area contributed by atoms with Crippen LogP contribution in [-0.4, -0.2) is 4.98 Å². The maximum Gasteiger partial charge on any atom is 0.182 e. The Bertz CT molecular complexity index is 810. The number of hydrogen-bond donors (Lipinski definition) is 0. The first-order chi connectivity index (χ1) is 7.93. The molecule has 0 radical (unpaired) electrons. The molecule has 0 unspecified atom stereocenters. The van der Waals surface area contributed by atoms with Gasteiger partial charge in [-0.15, -0.1) is 0 Å². The summed E-state index contributed by atoms with van der Waals surface area (Å²) in [6.07, 6.45) is 1.46. The van der Waals surface area contributed by atoms with Crippen LogP contribution in [0.1, 0.15) is 0 Å². The molecular formula is C13H7NO2. The van der Waals surface area contributed by atoms with E-state index in [-0.39, 0.29) is 0 Å². The third-order valence-corrected chi connectivity index (χ3v) is 2.84. The van der Waals surface area contributed by atoms with Crippen molar-refractivity contribution in [1.29, 1.82) is 0 Å². The molecule has 4 aromatic rings. The van der Waals surface area contributed by atoms with E-state index in [1.54, 1.807) is 0 Å². The lowest BCUT2D eigenvalue weighted by Gasteiger charge is -1.89. The average molecular weight is 209 g/mol. The Morgan fingerprint density at radius 1 is 0.875 bits per heavy atom. The van der Waals surface area contributed by atoms with Gasteiger partial charge >= 0.3 is 0 Å². The number of rotatable bonds is 0. The summed E-state index contributed by atoms with van der Waals surface area (Å²) in [6, 6.07) is 11.8. The molecule has 0 aliphatic rings. The van der Waals surface area contributed by atoms with Crippen LogP contribution in [-0.2, 0) is 0 Å². The highest BCUT2D eigenvalue weighted by molar-refractivity contribution is 6.16. The van der Waals surface area contributed by atoms with Crippen molar-refractivity contribution in [1.82, 2.24) is 4.98 Å². The topological polar surface area (TPSA) is 39.2 Å². The SMILES string of the molecule is c1ccc2c(c1)oc1ccc3ocnc3c12. The maximum absolute atomic E-state index is 5.75. The van der Waals surface area contributed by atoms with Crippen molar-refractivity contribution in [3.05, 3.63) is 42.8 Å². The number of furan rings is 1. The van der Waals surface area contributed by atoms with E-state index in [0.29, 0.717) is 0 Å². The van der Waals surface area contributed by atoms with E-state index in [1.807, 2.05) is 36.4 Å². The fourth-order valence-corrected chi connectivity index (χ4v) is 2.14. The molecular weight excluding hydrogens is 202 g/mol. The summed E-state index contributed by atoms with van der Waals surface area (Å²) in [5, 5.41) is 2.11. The van der Waals surface area contributed by atoms with Crippen LogP contribution < -0.4 is 0 Å². The van der Waals surface area contributed by atoms with Gasteiger partial charge in [-0.05, 0) is 18.2 Å². The van der Waals surface area contributed by atoms with Gasteiger partial charge in [0.25, 0.3) is 0 Å². The molecule has 4 rings (SSSR count). The quantitative estimate of drug-likeness (QED) is 0.443. The first-order valence-corrected chi connectivity index (χ1v) is 5.07. The number of oxazole rings is 1. The van der Waals surface area contributed by atoms with Crippen LogP contribution >= 0.6 is 0 Å². The molecule has 2 heterocycles. The summed E-state index contributed by atoms with van der Waals surface area (Å²) in [5.41, 5.74) is 3.39. The van der Waals surface area contributed by atoms with E-state index in [0.717, 1.165) is 33.0 Å². The Labute approximate surface area is 90.3 Å². The summed E-state index contributed by atoms with van der Waals surface area (Å²) in [7, 11) is 0. The molecule has 16 heavy (non-hydrogen) atoms. The summed E-state index contributed by atoms with van der Waals surface area (Å²) in [6.45, 7) is 0. The third kappa shape index (κ3) is 0.852. The molecule has 0 fully saturated rings. The van der Waals surface area contributed by atoms with E-state index >= 15 is 0 Å². The van der Waals surface area contributed by atoms with E-state index in [1.165, 1.54) is 6.39 Å². The summed E-state index contributed by atoms with van der Waals surface area (Å²) < 4.78 is 11.0. The lowest BCUT2D eigenvalue weighted by Crippen LogP contribution is -1.70. The zero-order valence-corrected chi connectivity index (χ0v) is 8.31. The molecule has 0 saturated carbocycles. The van der Waals surface area contributed by atoms with Gasteiger partial charge in [0.05, 0.1) is 5.39 Å². The number of aromatic nitrogens is 1. The number of para-hydroxylation sites is 1. The minimum absolute atomic E-state index is 0.791. The molecule has 0 spiro atoms. The Morgan fingerprint density at radius 3 is 2.75 bits per heavy atom. The highest BCUT2D eigenvalue weighted by Crippen LogP contribution is 2.33. The van der Waals surface area contributed by atoms with Gasteiger partial charge in [0.1, 0.15) is 16.7 Å². The summed E-state index contributed by atoms with van der Waals surface area (Å²) >= 11 is 0. The second-order valence-electron chi connectivity index (χ2n) is 3.74. The first kappa shape index (κ1) is 7.93. The van der Waals surface area contributed by atoms with Crippen molar-refractivity contribution in [3.8, 4) is 0 Å². The average Bonchev–Trinajstić information content (AvgIpc) is 2.91. The van der Waals surface area contributed by atoms with E-state index in [4.69, 9.17) is 8.83 Å². The van der Waals surface area contributed by atoms with Gasteiger partial charge < -0.3 is 8.83 Å². The summed E-state index contributed by atoms with van der Waals surface area (Å²) in [4.78, 5) is 4.24. The van der Waals surface area contributed by atoms with Crippen molar-refractivity contribution in [3.63, 3.8) is 0 Å². The van der Waals surface area contributed by atoms with Crippen LogP contribution in [0.15, 0.2) is 51.6 Å². The van der Waals surface area contributed by atoms with Gasteiger partial charge in [-0.3, -0.25) is 0 Å². The predicted molar refractivity (Wildman–Crippen MR) is 61.3 cm³/mol. The standard InChI is InChI=1S/C13H7NO2/c1-2-4-9-8(3-1)12-10(16-9)5-6-11-13(12)14-7-15-11/h1-7H. The number of nitrogens with zero attached hydrogens (tertiary/aromatic N) is 1. The fraction of sp³-hybridized carbons (Fsp3) is 0. The zero-order valence-electron chi connectivity index (χ0n) is 8.31. The van der Waals surface area contributed by atoms with Crippen LogP contribution in [0.25, 0.3) is 33.0 Å². The molecule has 0 saturated heterocycles. The normalized spacial score (nSPS) is 11.8. The highest BCUT2D eigenvalue weighted by atomic mass is 16.3. The van der Waals surface area contributed by atoms with E-state index in [2.05, 4.69) is 4.98 Å². The third-order valence-electron chi connectivity index (χ3n) is 2.84. The second-order valence-corrected chi connectivity index (χ2v) is 3.74. The van der Waals surface area contributed by atoms with Crippen LogP contribution in [0.4, 0.5) is 0 Å². The predicted octanol–water partition coefficient (Wildman–Crippen LogP) is 3.73. The molecule has 2 aromatic carbocycles. The number of hydrogen-bond acceptors (Lipinski definition) is 3. The van der Waals surface area contributed by atoms with Gasteiger partial charge in [-0.25, -0.2) is 4.98 Å². The van der Waals surface area contributed by atoms with Crippen molar-refractivity contribution < 1.29 is 8.83 Å². The molecule has 3 heteroatoms. The Morgan fingerprint density at radius 2 is 1.75 bits per heavy atom. The minimum atomic E-state index is 0.791. The van der Waals surface area contributed by atoms with Crippen LogP contribution in [0, 0.1) is 0 Å². The molecule has 76 valence electrons. The monoisotopic (exact) mass is 209 g/mol. The largest absolute Gasteiger partial charge is 0.456 e. The van der Waals surface area contributed by atoms with Crippen molar-refractivity contribution >= 4 is 33.0 Å². The lowest BCUT2D eigenvalue weighted by molar-refractivity contribution is 0.602. The van der Waals surface area contributed by atoms with Gasteiger partial charge in [-0.2, -0.15) is 0 Å². The lowest BCUT2D eigenvalue weighted by atomic mass is 10.1. The van der Waals surface area contributed by atoms with Crippen LogP contribution in [0.5, 0.6) is 0 Å². The van der Waals surface area contributed by atoms with Crippen LogP contribution in [0.3, 0.4) is 0 Å². The van der Waals surface area contributed by atoms with E-state index in [9.17, 15) is 0 Å². The maximum atomic E-state index is 5.75. The molecule has 0 N–H and O–H groups in total. The first-order valence-electron chi connectivity index (χ1n) is 5.07. The second kappa shape index (κ2) is 2.64. The molecule has 0 atom stereocenters. The Hall–Kier alpha value is -2.29. The summed E-state index contributed by atoms with van der Waals surface area (Å²) in [5.74, 6) is 0. The van der Waals surface area contributed by atoms with Crippen molar-refractivity contribution in [2.75, 3.05) is 0 Å². The molecule has 3 nitrogen and oxygen atoms in total. The Kier molecular flexibility index (Phi) is 1.31. The molecule has 0 aliphatic heterocycles. The molecule has 0 aliphatic carbocycles. The van der Waals surface area contributed by atoms with Gasteiger partial charge in [0, 0.05) is 5.39 Å². The number of benzene rings is 2. The van der Waals surface area contributed by atoms with Crippen molar-refractivity contribution in [2.24, 2.45) is 0 Å². The molecule has 0 bridgehead atoms. The van der Waals surface area contributed by atoms with Gasteiger partial charge in [-0.1, -0.05) is 18.2 Å². The van der Waals surface area contributed by atoms with Crippen LogP contribution in [0.2, 0.25) is 0 Å². The van der Waals surface area contributed by atoms with Gasteiger partial charge in [0.15, 0.2) is 12.0 Å². The minimum Gasteiger partial charge on any atom is -0.456 e. The number of fused-ring (bicyclic) bond motifs is 5. The molecule has 0 amide bonds. The van der Waals surface area contributed by atoms with E-state index < -0.39 is 0 Å². The molecule has 2 aromatic heterocycles. The smallest absolute Gasteiger partial charge is 0.182 e. The highest BCUT2D eigenvalue weighted by Gasteiger charge is 2.11. The fourth-order valence-electron chi connectivity index (χ4n) is 2.14. The zero-order chi connectivity index (χ0) is 10.5. The van der Waals surface area contributed by atoms with Gasteiger partial charge in [0.2, 0.25) is 0 Å².